The van der Waals surface area contributed by atoms with Crippen LogP contribution in [-0.2, 0) is 33.2 Å². The van der Waals surface area contributed by atoms with Crippen molar-refractivity contribution in [2.45, 2.75) is 59.5 Å². The molecule has 55 heavy (non-hydrogen) atoms. The second kappa shape index (κ2) is 24.3. The maximum absolute atomic E-state index is 12.2. The zero-order valence-electron chi connectivity index (χ0n) is 32.7. The Morgan fingerprint density at radius 1 is 0.855 bits per heavy atom. The summed E-state index contributed by atoms with van der Waals surface area (Å²) in [5, 5.41) is 28.1. The van der Waals surface area contributed by atoms with Crippen LogP contribution in [0.25, 0.3) is 0 Å². The van der Waals surface area contributed by atoms with Crippen LogP contribution in [0.3, 0.4) is 0 Å². The number of thiophene rings is 1. The minimum atomic E-state index is -0.178. The number of nitrogens with zero attached hydrogens (tertiary/aromatic N) is 5. The number of ether oxygens (including phenoxy) is 6. The van der Waals surface area contributed by atoms with Crippen LogP contribution >= 0.6 is 11.3 Å². The van der Waals surface area contributed by atoms with Gasteiger partial charge in [0.2, 0.25) is 0 Å². The molecule has 1 aromatic heterocycles. The molecule has 0 radical (unpaired) electrons. The number of rotatable bonds is 24. The standard InChI is InChI=1S/C42H55N5O7S/c1-5-47(35-15-16-38(32(3)27-35)45-46-41-37(28-43)33(4)40(29-44)55-41)30-39(34-12-7-6-8-13-34)53-25-23-51-21-19-49-17-18-50-20-22-52-24-26-54-42(48)36-14-10-9-11-31(36)2/h6-8,12-13,15-16,27,31,36,39H,5,9-11,14,17-26,30H2,1-4H3/b46-45+. The molecule has 1 aliphatic rings. The Kier molecular flexibility index (Phi) is 19.3. The third kappa shape index (κ3) is 14.1. The third-order valence-corrected chi connectivity index (χ3v) is 10.7. The van der Waals surface area contributed by atoms with Gasteiger partial charge in [-0.2, -0.15) is 10.5 Å². The van der Waals surface area contributed by atoms with Crippen molar-refractivity contribution < 1.29 is 33.2 Å². The molecular formula is C42H55N5O7S. The highest BCUT2D eigenvalue weighted by Gasteiger charge is 2.28. The lowest BCUT2D eigenvalue weighted by atomic mass is 9.80. The Morgan fingerprint density at radius 3 is 2.09 bits per heavy atom. The van der Waals surface area contributed by atoms with Crippen LogP contribution in [0, 0.1) is 48.3 Å². The fourth-order valence-electron chi connectivity index (χ4n) is 6.38. The van der Waals surface area contributed by atoms with Crippen molar-refractivity contribution >= 4 is 33.7 Å². The summed E-state index contributed by atoms with van der Waals surface area (Å²) in [7, 11) is 0. The normalized spacial score (nSPS) is 16.1. The van der Waals surface area contributed by atoms with E-state index in [0.717, 1.165) is 42.6 Å². The molecular weight excluding hydrogens is 719 g/mol. The lowest BCUT2D eigenvalue weighted by Gasteiger charge is -2.29. The van der Waals surface area contributed by atoms with Crippen molar-refractivity contribution in [1.82, 2.24) is 0 Å². The SMILES string of the molecule is CCN(CC(OCCOCCOCCOCCOCCOC(=O)C1CCCCC1C)c1ccccc1)c1ccc(/N=N/c2sc(C#N)c(C)c2C#N)c(C)c1. The summed E-state index contributed by atoms with van der Waals surface area (Å²) < 4.78 is 34.3. The van der Waals surface area contributed by atoms with Crippen LogP contribution in [0.2, 0.25) is 0 Å². The van der Waals surface area contributed by atoms with E-state index >= 15 is 0 Å². The summed E-state index contributed by atoms with van der Waals surface area (Å²) in [6.07, 6.45) is 4.15. The topological polar surface area (TPSA) is 148 Å². The van der Waals surface area contributed by atoms with Crippen molar-refractivity contribution in [2.24, 2.45) is 22.1 Å². The summed E-state index contributed by atoms with van der Waals surface area (Å²) in [5.41, 5.74) is 4.78. The summed E-state index contributed by atoms with van der Waals surface area (Å²) in [6.45, 7) is 13.6. The molecule has 296 valence electrons. The molecule has 0 saturated heterocycles. The summed E-state index contributed by atoms with van der Waals surface area (Å²) >= 11 is 1.17. The number of nitriles is 2. The highest BCUT2D eigenvalue weighted by Crippen LogP contribution is 2.36. The number of carbonyl (C=O) groups excluding carboxylic acids is 1. The predicted molar refractivity (Wildman–Crippen MR) is 212 cm³/mol. The maximum Gasteiger partial charge on any atom is 0.309 e. The number of hydrogen-bond donors (Lipinski definition) is 0. The molecule has 1 heterocycles. The number of benzene rings is 2. The van der Waals surface area contributed by atoms with E-state index in [4.69, 9.17) is 28.4 Å². The molecule has 1 aliphatic carbocycles. The minimum Gasteiger partial charge on any atom is -0.463 e. The molecule has 3 unspecified atom stereocenters. The smallest absolute Gasteiger partial charge is 0.309 e. The van der Waals surface area contributed by atoms with Gasteiger partial charge >= 0.3 is 5.97 Å². The molecule has 13 heteroatoms. The molecule has 3 atom stereocenters. The molecule has 12 nitrogen and oxygen atoms in total. The first-order valence-electron chi connectivity index (χ1n) is 19.2. The van der Waals surface area contributed by atoms with Gasteiger partial charge in [0, 0.05) is 18.8 Å². The van der Waals surface area contributed by atoms with Crippen LogP contribution in [0.1, 0.15) is 72.8 Å². The van der Waals surface area contributed by atoms with Crippen LogP contribution in [0.5, 0.6) is 0 Å². The van der Waals surface area contributed by atoms with E-state index < -0.39 is 0 Å². The number of azo groups is 1. The Bertz CT molecular complexity index is 1720. The summed E-state index contributed by atoms with van der Waals surface area (Å²) in [4.78, 5) is 15.0. The number of esters is 1. The fourth-order valence-corrected chi connectivity index (χ4v) is 7.26. The Labute approximate surface area is 330 Å². The lowest BCUT2D eigenvalue weighted by Crippen LogP contribution is -2.30. The first kappa shape index (κ1) is 43.5. The minimum absolute atomic E-state index is 0.0315. The van der Waals surface area contributed by atoms with Crippen molar-refractivity contribution in [3.05, 3.63) is 75.7 Å². The quantitative estimate of drug-likeness (QED) is 0.0493. The van der Waals surface area contributed by atoms with Gasteiger partial charge in [0.05, 0.1) is 76.6 Å². The lowest BCUT2D eigenvalue weighted by molar-refractivity contribution is -0.153. The molecule has 1 saturated carbocycles. The Morgan fingerprint density at radius 2 is 1.49 bits per heavy atom. The van der Waals surface area contributed by atoms with Crippen LogP contribution < -0.4 is 4.90 Å². The first-order chi connectivity index (χ1) is 26.9. The molecule has 0 N–H and O–H groups in total. The molecule has 2 aromatic carbocycles. The van der Waals surface area contributed by atoms with Gasteiger partial charge in [0.25, 0.3) is 0 Å². The third-order valence-electron chi connectivity index (χ3n) is 9.62. The highest BCUT2D eigenvalue weighted by molar-refractivity contribution is 7.16. The van der Waals surface area contributed by atoms with Gasteiger partial charge in [0.15, 0.2) is 5.00 Å². The fraction of sp³-hybridized carbons (Fsp3) is 0.548. The van der Waals surface area contributed by atoms with Gasteiger partial charge in [-0.1, -0.05) is 50.1 Å². The second-order valence-electron chi connectivity index (χ2n) is 13.4. The summed E-state index contributed by atoms with van der Waals surface area (Å²) in [6, 6.07) is 20.5. The van der Waals surface area contributed by atoms with E-state index in [-0.39, 0.29) is 24.6 Å². The zero-order valence-corrected chi connectivity index (χ0v) is 33.5. The number of aryl methyl sites for hydroxylation is 1. The number of anilines is 1. The van der Waals surface area contributed by atoms with Crippen LogP contribution in [-0.4, -0.2) is 85.1 Å². The van der Waals surface area contributed by atoms with Gasteiger partial charge in [-0.3, -0.25) is 4.79 Å². The molecule has 1 fully saturated rings. The van der Waals surface area contributed by atoms with Gasteiger partial charge in [0.1, 0.15) is 29.7 Å². The highest BCUT2D eigenvalue weighted by atomic mass is 32.1. The average molecular weight is 774 g/mol. The van der Waals surface area contributed by atoms with Gasteiger partial charge in [-0.25, -0.2) is 0 Å². The zero-order chi connectivity index (χ0) is 39.3. The molecule has 0 spiro atoms. The van der Waals surface area contributed by atoms with Crippen LogP contribution in [0.4, 0.5) is 16.4 Å². The maximum atomic E-state index is 12.2. The molecule has 3 aromatic rings. The van der Waals surface area contributed by atoms with Gasteiger partial charge in [-0.05, 0) is 74.4 Å². The van der Waals surface area contributed by atoms with E-state index in [0.29, 0.717) is 98.6 Å². The molecule has 0 bridgehead atoms. The molecule has 0 aliphatic heterocycles. The van der Waals surface area contributed by atoms with E-state index in [9.17, 15) is 15.3 Å². The number of carbonyl (C=O) groups is 1. The Hall–Kier alpha value is -4.21. The average Bonchev–Trinajstić information content (AvgIpc) is 3.52. The van der Waals surface area contributed by atoms with E-state index in [1.807, 2.05) is 37.3 Å². The number of hydrogen-bond acceptors (Lipinski definition) is 13. The van der Waals surface area contributed by atoms with E-state index in [1.54, 1.807) is 6.92 Å². The molecule has 0 amide bonds. The first-order valence-corrected chi connectivity index (χ1v) is 20.0. The Balaban J connectivity index is 1.11. The second-order valence-corrected chi connectivity index (χ2v) is 14.4. The van der Waals surface area contributed by atoms with Crippen LogP contribution in [0.15, 0.2) is 58.8 Å². The van der Waals surface area contributed by atoms with Crippen molar-refractivity contribution in [3.8, 4) is 12.1 Å². The van der Waals surface area contributed by atoms with Crippen molar-refractivity contribution in [3.63, 3.8) is 0 Å². The predicted octanol–water partition coefficient (Wildman–Crippen LogP) is 8.54. The summed E-state index contributed by atoms with van der Waals surface area (Å²) in [5.74, 6) is 0.343. The van der Waals surface area contributed by atoms with Gasteiger partial charge < -0.3 is 33.3 Å². The van der Waals surface area contributed by atoms with Gasteiger partial charge in [-0.15, -0.1) is 21.6 Å². The van der Waals surface area contributed by atoms with Crippen molar-refractivity contribution in [2.75, 3.05) is 84.1 Å². The number of likely N-dealkylation sites (N-methyl/N-ethyl adjacent to an activating group) is 1. The van der Waals surface area contributed by atoms with E-state index in [1.165, 1.54) is 17.8 Å². The van der Waals surface area contributed by atoms with E-state index in [2.05, 4.69) is 59.3 Å². The largest absolute Gasteiger partial charge is 0.463 e. The van der Waals surface area contributed by atoms with Crippen molar-refractivity contribution in [1.29, 1.82) is 10.5 Å². The molecule has 4 rings (SSSR count). The monoisotopic (exact) mass is 773 g/mol.